The molecule has 3 aromatic rings. The van der Waals surface area contributed by atoms with Crippen LogP contribution in [0.25, 0.3) is 11.5 Å². The number of carbonyl (C=O) groups is 1. The van der Waals surface area contributed by atoms with Gasteiger partial charge in [-0.1, -0.05) is 17.7 Å². The Balaban J connectivity index is 1.32. The highest BCUT2D eigenvalue weighted by molar-refractivity contribution is 6.30. The lowest BCUT2D eigenvalue weighted by atomic mass is 10.2. The molecule has 0 saturated carbocycles. The summed E-state index contributed by atoms with van der Waals surface area (Å²) in [5, 5.41) is 7.49. The summed E-state index contributed by atoms with van der Waals surface area (Å²) in [6.45, 7) is 4.50. The van der Waals surface area contributed by atoms with Gasteiger partial charge in [0.05, 0.1) is 37.1 Å². The smallest absolute Gasteiger partial charge is 0.324 e. The zero-order valence-corrected chi connectivity index (χ0v) is 19.4. The SMILES string of the molecule is O=C(N1CCN(C2COC2)CC1)N(Cc1ccc(-c2nnc(C(F)F)o2)cn1)c1cccc(Cl)c1. The molecule has 0 radical (unpaired) electrons. The molecule has 2 saturated heterocycles. The van der Waals surface area contributed by atoms with E-state index >= 15 is 0 Å². The van der Waals surface area contributed by atoms with Crippen molar-refractivity contribution in [1.29, 1.82) is 0 Å². The van der Waals surface area contributed by atoms with Crippen LogP contribution in [0.15, 0.2) is 47.0 Å². The van der Waals surface area contributed by atoms with Gasteiger partial charge in [-0.05, 0) is 30.3 Å². The Morgan fingerprint density at radius 1 is 1.14 bits per heavy atom. The fourth-order valence-electron chi connectivity index (χ4n) is 4.04. The molecule has 4 heterocycles. The van der Waals surface area contributed by atoms with E-state index in [1.807, 2.05) is 11.0 Å². The number of hydrogen-bond acceptors (Lipinski definition) is 7. The van der Waals surface area contributed by atoms with Gasteiger partial charge in [-0.15, -0.1) is 10.2 Å². The number of rotatable bonds is 6. The molecule has 0 unspecified atom stereocenters. The number of nitrogens with zero attached hydrogens (tertiary/aromatic N) is 6. The molecule has 184 valence electrons. The molecule has 2 aliphatic heterocycles. The van der Waals surface area contributed by atoms with Gasteiger partial charge < -0.3 is 14.1 Å². The first-order chi connectivity index (χ1) is 17.0. The van der Waals surface area contributed by atoms with Crippen LogP contribution in [-0.2, 0) is 11.3 Å². The molecule has 2 aliphatic rings. The van der Waals surface area contributed by atoms with Crippen LogP contribution in [0, 0.1) is 0 Å². The Hall–Kier alpha value is -3.15. The van der Waals surface area contributed by atoms with E-state index in [-0.39, 0.29) is 18.5 Å². The molecule has 0 bridgehead atoms. The average Bonchev–Trinajstić information content (AvgIpc) is 3.33. The van der Waals surface area contributed by atoms with Crippen molar-refractivity contribution in [3.63, 3.8) is 0 Å². The normalized spacial score (nSPS) is 17.0. The van der Waals surface area contributed by atoms with E-state index in [1.54, 1.807) is 35.2 Å². The summed E-state index contributed by atoms with van der Waals surface area (Å²) >= 11 is 6.21. The second kappa shape index (κ2) is 10.2. The number of pyridine rings is 1. The van der Waals surface area contributed by atoms with Crippen molar-refractivity contribution in [2.24, 2.45) is 0 Å². The predicted octanol–water partition coefficient (Wildman–Crippen LogP) is 3.87. The topological polar surface area (TPSA) is 87.8 Å². The van der Waals surface area contributed by atoms with Gasteiger partial charge in [0.2, 0.25) is 5.89 Å². The number of amides is 2. The van der Waals surface area contributed by atoms with Gasteiger partial charge in [-0.25, -0.2) is 4.79 Å². The van der Waals surface area contributed by atoms with Crippen LogP contribution in [0.1, 0.15) is 18.0 Å². The fraction of sp³-hybridized carbons (Fsp3) is 0.391. The van der Waals surface area contributed by atoms with Crippen molar-refractivity contribution in [3.8, 4) is 11.5 Å². The summed E-state index contributed by atoms with van der Waals surface area (Å²) in [4.78, 5) is 23.8. The Morgan fingerprint density at radius 2 is 1.94 bits per heavy atom. The van der Waals surface area contributed by atoms with Gasteiger partial charge in [-0.3, -0.25) is 14.8 Å². The third-order valence-electron chi connectivity index (χ3n) is 6.09. The van der Waals surface area contributed by atoms with E-state index in [2.05, 4.69) is 20.1 Å². The predicted molar refractivity (Wildman–Crippen MR) is 123 cm³/mol. The lowest BCUT2D eigenvalue weighted by molar-refractivity contribution is -0.0738. The van der Waals surface area contributed by atoms with E-state index in [0.717, 1.165) is 26.3 Å². The minimum atomic E-state index is -2.84. The van der Waals surface area contributed by atoms with Gasteiger partial charge >= 0.3 is 12.5 Å². The Bertz CT molecular complexity index is 1170. The number of hydrogen-bond donors (Lipinski definition) is 0. The Labute approximate surface area is 205 Å². The molecule has 2 amide bonds. The monoisotopic (exact) mass is 504 g/mol. The molecule has 5 rings (SSSR count). The number of benzene rings is 1. The maximum atomic E-state index is 13.6. The van der Waals surface area contributed by atoms with Crippen molar-refractivity contribution in [2.45, 2.75) is 19.0 Å². The van der Waals surface area contributed by atoms with E-state index in [0.29, 0.717) is 41.1 Å². The largest absolute Gasteiger partial charge is 0.415 e. The number of alkyl halides is 2. The van der Waals surface area contributed by atoms with E-state index in [9.17, 15) is 13.6 Å². The van der Waals surface area contributed by atoms with Gasteiger partial charge in [0.15, 0.2) is 0 Å². The summed E-state index contributed by atoms with van der Waals surface area (Å²) in [7, 11) is 0. The maximum Gasteiger partial charge on any atom is 0.324 e. The number of carbonyl (C=O) groups excluding carboxylic acids is 1. The van der Waals surface area contributed by atoms with Crippen LogP contribution < -0.4 is 4.90 Å². The highest BCUT2D eigenvalue weighted by atomic mass is 35.5. The lowest BCUT2D eigenvalue weighted by Gasteiger charge is -2.43. The van der Waals surface area contributed by atoms with Crippen molar-refractivity contribution in [2.75, 3.05) is 44.3 Å². The fourth-order valence-corrected chi connectivity index (χ4v) is 4.23. The molecule has 1 aromatic carbocycles. The standard InChI is InChI=1S/C23H23ClF2N6O3/c24-16-2-1-3-18(10-16)32(23(33)31-8-6-30(7-9-31)19-13-34-14-19)12-17-5-4-15(11-27-17)21-28-29-22(35-21)20(25)26/h1-5,10-11,19-20H,6-9,12-14H2. The van der Waals surface area contributed by atoms with Crippen LogP contribution >= 0.6 is 11.6 Å². The molecule has 12 heteroatoms. The molecular weight excluding hydrogens is 482 g/mol. The van der Waals surface area contributed by atoms with Crippen molar-refractivity contribution < 1.29 is 22.7 Å². The molecule has 2 aromatic heterocycles. The summed E-state index contributed by atoms with van der Waals surface area (Å²) in [6.07, 6.45) is -1.39. The molecule has 0 atom stereocenters. The van der Waals surface area contributed by atoms with E-state index < -0.39 is 12.3 Å². The highest BCUT2D eigenvalue weighted by Gasteiger charge is 2.32. The number of halogens is 3. The number of piperazine rings is 1. The minimum absolute atomic E-state index is 0.0446. The van der Waals surface area contributed by atoms with Crippen LogP contribution in [0.3, 0.4) is 0 Å². The van der Waals surface area contributed by atoms with Crippen molar-refractivity contribution >= 4 is 23.3 Å². The molecule has 0 spiro atoms. The summed E-state index contributed by atoms with van der Waals surface area (Å²) in [5.41, 5.74) is 1.66. The number of aromatic nitrogens is 3. The highest BCUT2D eigenvalue weighted by Crippen LogP contribution is 2.26. The Morgan fingerprint density at radius 3 is 2.54 bits per heavy atom. The van der Waals surface area contributed by atoms with Crippen molar-refractivity contribution in [3.05, 3.63) is 59.2 Å². The summed E-state index contributed by atoms with van der Waals surface area (Å²) < 4.78 is 35.7. The molecule has 9 nitrogen and oxygen atoms in total. The Kier molecular flexibility index (Phi) is 6.89. The summed E-state index contributed by atoms with van der Waals surface area (Å²) in [6, 6.07) is 10.7. The second-order valence-corrected chi connectivity index (χ2v) is 8.78. The first kappa shape index (κ1) is 23.6. The van der Waals surface area contributed by atoms with E-state index in [1.165, 1.54) is 6.20 Å². The van der Waals surface area contributed by atoms with Gasteiger partial charge in [-0.2, -0.15) is 8.78 Å². The van der Waals surface area contributed by atoms with E-state index in [4.69, 9.17) is 20.8 Å². The van der Waals surface area contributed by atoms with Crippen molar-refractivity contribution in [1.82, 2.24) is 25.0 Å². The molecule has 0 aliphatic carbocycles. The third kappa shape index (κ3) is 5.26. The first-order valence-electron chi connectivity index (χ1n) is 11.2. The zero-order valence-electron chi connectivity index (χ0n) is 18.7. The molecule has 0 N–H and O–H groups in total. The zero-order chi connectivity index (χ0) is 24.4. The summed E-state index contributed by atoms with van der Waals surface area (Å²) in [5.74, 6) is -0.788. The number of urea groups is 1. The third-order valence-corrected chi connectivity index (χ3v) is 6.33. The van der Waals surface area contributed by atoms with Gasteiger partial charge in [0, 0.05) is 43.1 Å². The second-order valence-electron chi connectivity index (χ2n) is 8.35. The average molecular weight is 505 g/mol. The molecular formula is C23H23ClF2N6O3. The number of anilines is 1. The quantitative estimate of drug-likeness (QED) is 0.503. The van der Waals surface area contributed by atoms with Crippen LogP contribution in [0.5, 0.6) is 0 Å². The molecule has 35 heavy (non-hydrogen) atoms. The van der Waals surface area contributed by atoms with Gasteiger partial charge in [0.1, 0.15) is 0 Å². The first-order valence-corrected chi connectivity index (χ1v) is 11.6. The molecule has 2 fully saturated rings. The van der Waals surface area contributed by atoms with Gasteiger partial charge in [0.25, 0.3) is 5.89 Å². The minimum Gasteiger partial charge on any atom is -0.415 e. The maximum absolute atomic E-state index is 13.6. The number of ether oxygens (including phenoxy) is 1. The van der Waals surface area contributed by atoms with Crippen LogP contribution in [0.2, 0.25) is 5.02 Å². The lowest BCUT2D eigenvalue weighted by Crippen LogP contribution is -2.59. The van der Waals surface area contributed by atoms with Crippen LogP contribution in [-0.4, -0.2) is 76.4 Å². The van der Waals surface area contributed by atoms with Crippen LogP contribution in [0.4, 0.5) is 19.3 Å².